The van der Waals surface area contributed by atoms with Crippen LogP contribution in [0.25, 0.3) is 22.0 Å². The van der Waals surface area contributed by atoms with Crippen LogP contribution in [0.4, 0.5) is 16.0 Å². The fourth-order valence-electron chi connectivity index (χ4n) is 5.07. The first-order valence-corrected chi connectivity index (χ1v) is 15.5. The molecular formula is C30H31ClFN7O4S. The first kappa shape index (κ1) is 31.1. The lowest BCUT2D eigenvalue weighted by molar-refractivity contribution is 0.392. The molecular weight excluding hydrogens is 609 g/mol. The summed E-state index contributed by atoms with van der Waals surface area (Å²) >= 11 is 0. The van der Waals surface area contributed by atoms with Crippen LogP contribution in [0.3, 0.4) is 0 Å². The first-order chi connectivity index (χ1) is 20.8. The Morgan fingerprint density at radius 2 is 1.93 bits per heavy atom. The molecule has 1 atom stereocenters. The van der Waals surface area contributed by atoms with Gasteiger partial charge in [0.15, 0.2) is 0 Å². The number of halogens is 2. The Labute approximate surface area is 260 Å². The number of aromatic nitrogens is 4. The second kappa shape index (κ2) is 13.1. The van der Waals surface area contributed by atoms with Gasteiger partial charge < -0.3 is 19.9 Å². The van der Waals surface area contributed by atoms with Gasteiger partial charge in [0.05, 0.1) is 16.9 Å². The molecule has 6 rings (SSSR count). The molecule has 14 heteroatoms. The third-order valence-electron chi connectivity index (χ3n) is 7.10. The number of anilines is 2. The molecule has 11 nitrogen and oxygen atoms in total. The van der Waals surface area contributed by atoms with E-state index < -0.39 is 21.6 Å². The highest BCUT2D eigenvalue weighted by Gasteiger charge is 2.22. The van der Waals surface area contributed by atoms with Gasteiger partial charge in [-0.2, -0.15) is 0 Å². The normalized spacial score (nSPS) is 15.0. The Morgan fingerprint density at radius 1 is 1.09 bits per heavy atom. The molecule has 0 saturated carbocycles. The van der Waals surface area contributed by atoms with Crippen molar-refractivity contribution in [1.29, 1.82) is 0 Å². The van der Waals surface area contributed by atoms with E-state index in [0.29, 0.717) is 39.5 Å². The molecule has 0 unspecified atom stereocenters. The smallest absolute Gasteiger partial charge is 0.238 e. The Bertz CT molecular complexity index is 1900. The van der Waals surface area contributed by atoms with E-state index in [0.717, 1.165) is 31.5 Å². The molecule has 230 valence electrons. The van der Waals surface area contributed by atoms with Gasteiger partial charge in [-0.15, -0.1) is 12.4 Å². The van der Waals surface area contributed by atoms with Crippen LogP contribution < -0.4 is 20.1 Å². The van der Waals surface area contributed by atoms with Gasteiger partial charge in [-0.1, -0.05) is 17.3 Å². The number of aryl methyl sites for hydroxylation is 2. The monoisotopic (exact) mass is 639 g/mol. The standard InChI is InChI=1S/C30H30FN7O4S.ClH/c1-18-7-8-22-23(9-10-25(31)27(22)38-43(39,40)17-21-15-19(2)42-37-21)28(18)41-29-24(6-4-13-33-29)26-11-14-34-30(36-26)35-20-5-3-12-32-16-20;/h4,6-11,13-15,20,32,38H,3,5,12,16-17H2,1-2H3,(H,34,35,36);1H/t20-;/m0./s1. The van der Waals surface area contributed by atoms with E-state index in [1.54, 1.807) is 49.6 Å². The number of hydrogen-bond donors (Lipinski definition) is 3. The van der Waals surface area contributed by atoms with E-state index >= 15 is 4.39 Å². The van der Waals surface area contributed by atoms with Gasteiger partial charge >= 0.3 is 0 Å². The summed E-state index contributed by atoms with van der Waals surface area (Å²) in [5.74, 6) is 0.481. The number of benzene rings is 2. The number of nitrogens with zero attached hydrogens (tertiary/aromatic N) is 4. The van der Waals surface area contributed by atoms with E-state index in [1.165, 1.54) is 12.1 Å². The van der Waals surface area contributed by atoms with Crippen molar-refractivity contribution < 1.29 is 22.1 Å². The highest BCUT2D eigenvalue weighted by molar-refractivity contribution is 7.91. The van der Waals surface area contributed by atoms with Crippen molar-refractivity contribution in [2.45, 2.75) is 38.5 Å². The Morgan fingerprint density at radius 3 is 2.70 bits per heavy atom. The zero-order chi connectivity index (χ0) is 30.0. The van der Waals surface area contributed by atoms with Gasteiger partial charge in [-0.25, -0.2) is 27.8 Å². The van der Waals surface area contributed by atoms with E-state index in [4.69, 9.17) is 14.2 Å². The summed E-state index contributed by atoms with van der Waals surface area (Å²) < 4.78 is 54.8. The lowest BCUT2D eigenvalue weighted by Crippen LogP contribution is -2.38. The first-order valence-electron chi connectivity index (χ1n) is 13.8. The lowest BCUT2D eigenvalue weighted by atomic mass is 10.0. The molecule has 1 saturated heterocycles. The third-order valence-corrected chi connectivity index (χ3v) is 8.29. The number of pyridine rings is 1. The fourth-order valence-corrected chi connectivity index (χ4v) is 6.19. The summed E-state index contributed by atoms with van der Waals surface area (Å²) in [5, 5.41) is 11.3. The summed E-state index contributed by atoms with van der Waals surface area (Å²) in [7, 11) is -4.02. The molecule has 0 radical (unpaired) electrons. The highest BCUT2D eigenvalue weighted by Crippen LogP contribution is 2.39. The van der Waals surface area contributed by atoms with E-state index in [-0.39, 0.29) is 35.7 Å². The van der Waals surface area contributed by atoms with Gasteiger partial charge in [0.2, 0.25) is 21.9 Å². The molecule has 44 heavy (non-hydrogen) atoms. The maximum absolute atomic E-state index is 15.1. The lowest BCUT2D eigenvalue weighted by Gasteiger charge is -2.23. The molecule has 5 aromatic rings. The SMILES string of the molecule is Cc1cc(CS(=O)(=O)Nc2c(F)ccc3c(Oc4ncccc4-c4ccnc(N[C@H]5CCCNC5)n4)c(C)ccc23)no1.Cl. The predicted octanol–water partition coefficient (Wildman–Crippen LogP) is 5.76. The van der Waals surface area contributed by atoms with Gasteiger partial charge in [0.1, 0.15) is 28.8 Å². The minimum absolute atomic E-state index is 0. The second-order valence-electron chi connectivity index (χ2n) is 10.4. The molecule has 1 aliphatic heterocycles. The fraction of sp³-hybridized carbons (Fsp3) is 0.267. The third kappa shape index (κ3) is 6.90. The minimum atomic E-state index is -4.02. The largest absolute Gasteiger partial charge is 0.437 e. The topological polar surface area (TPSA) is 144 Å². The molecule has 2 aromatic carbocycles. The zero-order valence-electron chi connectivity index (χ0n) is 24.0. The van der Waals surface area contributed by atoms with Crippen molar-refractivity contribution >= 4 is 44.8 Å². The van der Waals surface area contributed by atoms with Crippen molar-refractivity contribution in [2.24, 2.45) is 0 Å². The zero-order valence-corrected chi connectivity index (χ0v) is 25.6. The maximum Gasteiger partial charge on any atom is 0.238 e. The van der Waals surface area contributed by atoms with Crippen molar-refractivity contribution in [3.05, 3.63) is 83.8 Å². The summed E-state index contributed by atoms with van der Waals surface area (Å²) in [6, 6.07) is 13.3. The average Bonchev–Trinajstić information content (AvgIpc) is 3.40. The van der Waals surface area contributed by atoms with Crippen molar-refractivity contribution in [3.63, 3.8) is 0 Å². The molecule has 0 spiro atoms. The number of rotatable bonds is 9. The summed E-state index contributed by atoms with van der Waals surface area (Å²) in [5.41, 5.74) is 2.03. The van der Waals surface area contributed by atoms with Crippen LogP contribution in [-0.4, -0.2) is 47.7 Å². The Kier molecular flexibility index (Phi) is 9.28. The van der Waals surface area contributed by atoms with Gasteiger partial charge in [0, 0.05) is 41.8 Å². The summed E-state index contributed by atoms with van der Waals surface area (Å²) in [6.45, 7) is 5.36. The quantitative estimate of drug-likeness (QED) is 0.182. The number of ether oxygens (including phenoxy) is 1. The van der Waals surface area contributed by atoms with Crippen LogP contribution in [0.1, 0.15) is 29.9 Å². The maximum atomic E-state index is 15.1. The molecule has 1 aliphatic rings. The van der Waals surface area contributed by atoms with Crippen molar-refractivity contribution in [2.75, 3.05) is 23.1 Å². The van der Waals surface area contributed by atoms with Crippen molar-refractivity contribution in [1.82, 2.24) is 25.4 Å². The Balaban J connectivity index is 0.00000384. The predicted molar refractivity (Wildman–Crippen MR) is 168 cm³/mol. The number of piperidine rings is 1. The number of hydrogen-bond acceptors (Lipinski definition) is 10. The molecule has 0 bridgehead atoms. The second-order valence-corrected chi connectivity index (χ2v) is 12.2. The number of nitrogens with one attached hydrogen (secondary N) is 3. The van der Waals surface area contributed by atoms with Crippen molar-refractivity contribution in [3.8, 4) is 22.9 Å². The minimum Gasteiger partial charge on any atom is -0.437 e. The van der Waals surface area contributed by atoms with Crippen LogP contribution >= 0.6 is 12.4 Å². The molecule has 0 amide bonds. The van der Waals surface area contributed by atoms with Gasteiger partial charge in [-0.05, 0) is 69.1 Å². The number of fused-ring (bicyclic) bond motifs is 1. The highest BCUT2D eigenvalue weighted by atomic mass is 35.5. The van der Waals surface area contributed by atoms with Crippen LogP contribution in [0.15, 0.2) is 65.4 Å². The van der Waals surface area contributed by atoms with Crippen LogP contribution in [0.2, 0.25) is 0 Å². The van der Waals surface area contributed by atoms with E-state index in [2.05, 4.69) is 30.5 Å². The van der Waals surface area contributed by atoms with E-state index in [9.17, 15) is 8.42 Å². The van der Waals surface area contributed by atoms with Gasteiger partial charge in [0.25, 0.3) is 0 Å². The van der Waals surface area contributed by atoms with E-state index in [1.807, 2.05) is 13.0 Å². The Hall–Kier alpha value is -4.33. The van der Waals surface area contributed by atoms with Gasteiger partial charge in [-0.3, -0.25) is 4.72 Å². The molecule has 1 fully saturated rings. The number of sulfonamides is 1. The van der Waals surface area contributed by atoms with Crippen LogP contribution in [0, 0.1) is 19.7 Å². The summed E-state index contributed by atoms with van der Waals surface area (Å²) in [6.07, 6.45) is 5.40. The summed E-state index contributed by atoms with van der Waals surface area (Å²) in [4.78, 5) is 13.6. The molecule has 0 aliphatic carbocycles. The average molecular weight is 640 g/mol. The van der Waals surface area contributed by atoms with Crippen LogP contribution in [-0.2, 0) is 15.8 Å². The van der Waals surface area contributed by atoms with Crippen LogP contribution in [0.5, 0.6) is 11.6 Å². The molecule has 3 aromatic heterocycles. The molecule has 4 heterocycles. The molecule has 3 N–H and O–H groups in total.